The Morgan fingerprint density at radius 1 is 1.46 bits per heavy atom. The van der Waals surface area contributed by atoms with Crippen LogP contribution in [0.2, 0.25) is 0 Å². The van der Waals surface area contributed by atoms with Crippen molar-refractivity contribution in [1.82, 2.24) is 0 Å². The Kier molecular flexibility index (Phi) is 4.16. The lowest BCUT2D eigenvalue weighted by molar-refractivity contribution is -0.133. The average molecular weight is 187 g/mol. The standard InChI is InChI=1S/C10H21NO2/c1-3-9(2)13-10(8-11)4-6-12-7-5-10/h9H,3-8,11H2,1-2H3. The third-order valence-corrected chi connectivity index (χ3v) is 2.80. The monoisotopic (exact) mass is 187 g/mol. The Morgan fingerprint density at radius 3 is 2.54 bits per heavy atom. The van der Waals surface area contributed by atoms with Gasteiger partial charge in [-0.2, -0.15) is 0 Å². The Morgan fingerprint density at radius 2 is 2.08 bits per heavy atom. The molecule has 3 nitrogen and oxygen atoms in total. The fourth-order valence-corrected chi connectivity index (χ4v) is 1.62. The van der Waals surface area contributed by atoms with Gasteiger partial charge in [0.05, 0.1) is 11.7 Å². The fraction of sp³-hybridized carbons (Fsp3) is 1.00. The maximum Gasteiger partial charge on any atom is 0.0851 e. The van der Waals surface area contributed by atoms with Crippen molar-refractivity contribution < 1.29 is 9.47 Å². The van der Waals surface area contributed by atoms with Gasteiger partial charge in [-0.3, -0.25) is 0 Å². The van der Waals surface area contributed by atoms with E-state index in [1.54, 1.807) is 0 Å². The molecule has 0 aromatic rings. The van der Waals surface area contributed by atoms with Crippen molar-refractivity contribution in [2.24, 2.45) is 5.73 Å². The normalized spacial score (nSPS) is 24.2. The van der Waals surface area contributed by atoms with Gasteiger partial charge in [-0.15, -0.1) is 0 Å². The highest BCUT2D eigenvalue weighted by molar-refractivity contribution is 4.85. The first-order valence-electron chi connectivity index (χ1n) is 5.18. The van der Waals surface area contributed by atoms with E-state index in [2.05, 4.69) is 13.8 Å². The number of rotatable bonds is 4. The summed E-state index contributed by atoms with van der Waals surface area (Å²) in [5.74, 6) is 0. The van der Waals surface area contributed by atoms with Crippen LogP contribution in [0.25, 0.3) is 0 Å². The topological polar surface area (TPSA) is 44.5 Å². The van der Waals surface area contributed by atoms with Gasteiger partial charge in [0.2, 0.25) is 0 Å². The van der Waals surface area contributed by atoms with Crippen LogP contribution in [0.5, 0.6) is 0 Å². The molecule has 0 aromatic heterocycles. The van der Waals surface area contributed by atoms with Crippen LogP contribution in [-0.4, -0.2) is 31.5 Å². The second kappa shape index (κ2) is 4.94. The first kappa shape index (κ1) is 11.0. The Balaban J connectivity index is 2.47. The number of ether oxygens (including phenoxy) is 2. The van der Waals surface area contributed by atoms with E-state index in [0.29, 0.717) is 12.6 Å². The molecule has 13 heavy (non-hydrogen) atoms. The van der Waals surface area contributed by atoms with Gasteiger partial charge in [-0.25, -0.2) is 0 Å². The minimum Gasteiger partial charge on any atom is -0.381 e. The highest BCUT2D eigenvalue weighted by atomic mass is 16.5. The van der Waals surface area contributed by atoms with Crippen LogP contribution in [-0.2, 0) is 9.47 Å². The van der Waals surface area contributed by atoms with Crippen molar-refractivity contribution in [3.63, 3.8) is 0 Å². The summed E-state index contributed by atoms with van der Waals surface area (Å²) in [6, 6.07) is 0. The Hall–Kier alpha value is -0.120. The third kappa shape index (κ3) is 2.93. The molecule has 2 N–H and O–H groups in total. The molecule has 1 heterocycles. The lowest BCUT2D eigenvalue weighted by Crippen LogP contribution is -2.47. The smallest absolute Gasteiger partial charge is 0.0851 e. The first-order valence-corrected chi connectivity index (χ1v) is 5.18. The summed E-state index contributed by atoms with van der Waals surface area (Å²) < 4.78 is 11.3. The highest BCUT2D eigenvalue weighted by Gasteiger charge is 2.33. The molecule has 3 heteroatoms. The van der Waals surface area contributed by atoms with E-state index in [1.807, 2.05) is 0 Å². The van der Waals surface area contributed by atoms with E-state index in [4.69, 9.17) is 15.2 Å². The van der Waals surface area contributed by atoms with Gasteiger partial charge in [0.1, 0.15) is 0 Å². The average Bonchev–Trinajstić information content (AvgIpc) is 2.19. The molecular formula is C10H21NO2. The van der Waals surface area contributed by atoms with E-state index in [-0.39, 0.29) is 5.60 Å². The molecule has 1 rings (SSSR count). The van der Waals surface area contributed by atoms with E-state index in [0.717, 1.165) is 32.5 Å². The predicted octanol–water partition coefficient (Wildman–Crippen LogP) is 1.31. The van der Waals surface area contributed by atoms with Crippen LogP contribution < -0.4 is 5.73 Å². The van der Waals surface area contributed by atoms with Crippen molar-refractivity contribution >= 4 is 0 Å². The largest absolute Gasteiger partial charge is 0.381 e. The van der Waals surface area contributed by atoms with Crippen molar-refractivity contribution in [2.45, 2.75) is 44.8 Å². The highest BCUT2D eigenvalue weighted by Crippen LogP contribution is 2.26. The molecule has 1 aliphatic heterocycles. The molecule has 1 saturated heterocycles. The van der Waals surface area contributed by atoms with Crippen LogP contribution >= 0.6 is 0 Å². The Labute approximate surface area is 80.6 Å². The number of hydrogen-bond acceptors (Lipinski definition) is 3. The summed E-state index contributed by atoms with van der Waals surface area (Å²) in [6.45, 7) is 6.42. The quantitative estimate of drug-likeness (QED) is 0.721. The van der Waals surface area contributed by atoms with Crippen molar-refractivity contribution in [1.29, 1.82) is 0 Å². The maximum absolute atomic E-state index is 5.97. The van der Waals surface area contributed by atoms with Crippen molar-refractivity contribution in [3.05, 3.63) is 0 Å². The summed E-state index contributed by atoms with van der Waals surface area (Å²) in [4.78, 5) is 0. The zero-order chi connectivity index (χ0) is 9.73. The van der Waals surface area contributed by atoms with E-state index in [9.17, 15) is 0 Å². The van der Waals surface area contributed by atoms with E-state index in [1.165, 1.54) is 0 Å². The van der Waals surface area contributed by atoms with Crippen LogP contribution in [0.15, 0.2) is 0 Å². The molecule has 0 amide bonds. The molecule has 78 valence electrons. The van der Waals surface area contributed by atoms with Gasteiger partial charge in [0.25, 0.3) is 0 Å². The first-order chi connectivity index (χ1) is 6.22. The van der Waals surface area contributed by atoms with Crippen molar-refractivity contribution in [3.8, 4) is 0 Å². The van der Waals surface area contributed by atoms with Gasteiger partial charge >= 0.3 is 0 Å². The molecule has 1 unspecified atom stereocenters. The molecule has 1 atom stereocenters. The molecule has 0 saturated carbocycles. The molecule has 1 aliphatic rings. The summed E-state index contributed by atoms with van der Waals surface area (Å²) in [5.41, 5.74) is 5.66. The second-order valence-corrected chi connectivity index (χ2v) is 3.84. The van der Waals surface area contributed by atoms with Gasteiger partial charge in [0, 0.05) is 32.6 Å². The molecule has 0 bridgehead atoms. The van der Waals surface area contributed by atoms with E-state index < -0.39 is 0 Å². The zero-order valence-electron chi connectivity index (χ0n) is 8.71. The zero-order valence-corrected chi connectivity index (χ0v) is 8.71. The van der Waals surface area contributed by atoms with Crippen LogP contribution in [0.3, 0.4) is 0 Å². The minimum absolute atomic E-state index is 0.103. The molecule has 0 spiro atoms. The van der Waals surface area contributed by atoms with Gasteiger partial charge < -0.3 is 15.2 Å². The summed E-state index contributed by atoms with van der Waals surface area (Å²) in [7, 11) is 0. The fourth-order valence-electron chi connectivity index (χ4n) is 1.62. The lowest BCUT2D eigenvalue weighted by atomic mass is 9.94. The molecule has 0 aromatic carbocycles. The van der Waals surface area contributed by atoms with Gasteiger partial charge in [-0.05, 0) is 13.3 Å². The summed E-state index contributed by atoms with van der Waals surface area (Å²) in [5, 5.41) is 0. The Bertz CT molecular complexity index is 144. The molecule has 0 radical (unpaired) electrons. The summed E-state index contributed by atoms with van der Waals surface area (Å²) in [6.07, 6.45) is 3.23. The molecule has 0 aliphatic carbocycles. The predicted molar refractivity (Wildman–Crippen MR) is 52.7 cm³/mol. The SMILES string of the molecule is CCC(C)OC1(CN)CCOCC1. The van der Waals surface area contributed by atoms with Gasteiger partial charge in [0.15, 0.2) is 0 Å². The van der Waals surface area contributed by atoms with E-state index >= 15 is 0 Å². The number of nitrogens with two attached hydrogens (primary N) is 1. The van der Waals surface area contributed by atoms with Crippen LogP contribution in [0.4, 0.5) is 0 Å². The van der Waals surface area contributed by atoms with Crippen LogP contribution in [0.1, 0.15) is 33.1 Å². The van der Waals surface area contributed by atoms with Crippen LogP contribution in [0, 0.1) is 0 Å². The van der Waals surface area contributed by atoms with Crippen molar-refractivity contribution in [2.75, 3.05) is 19.8 Å². The van der Waals surface area contributed by atoms with Gasteiger partial charge in [-0.1, -0.05) is 6.92 Å². The molecular weight excluding hydrogens is 166 g/mol. The minimum atomic E-state index is -0.103. The number of hydrogen-bond donors (Lipinski definition) is 1. The maximum atomic E-state index is 5.97. The third-order valence-electron chi connectivity index (χ3n) is 2.80. The summed E-state index contributed by atoms with van der Waals surface area (Å²) >= 11 is 0. The lowest BCUT2D eigenvalue weighted by Gasteiger charge is -2.38. The second-order valence-electron chi connectivity index (χ2n) is 3.84. The molecule has 1 fully saturated rings.